The van der Waals surface area contributed by atoms with Gasteiger partial charge < -0.3 is 20.1 Å². The summed E-state index contributed by atoms with van der Waals surface area (Å²) in [7, 11) is -0.116. The number of hydrogen-bond acceptors (Lipinski definition) is 5. The van der Waals surface area contributed by atoms with E-state index in [-0.39, 0.29) is 42.8 Å². The fourth-order valence-electron chi connectivity index (χ4n) is 2.54. The fourth-order valence-corrected chi connectivity index (χ4v) is 3.44. The molecule has 2 rings (SSSR count). The highest BCUT2D eigenvalue weighted by Crippen LogP contribution is 2.17. The van der Waals surface area contributed by atoms with Gasteiger partial charge in [0.15, 0.2) is 5.96 Å². The zero-order chi connectivity index (χ0) is 21.7. The summed E-state index contributed by atoms with van der Waals surface area (Å²) in [5.41, 5.74) is 1.70. The molecular weight excluding hydrogens is 531 g/mol. The lowest BCUT2D eigenvalue weighted by molar-refractivity contribution is 0.172. The van der Waals surface area contributed by atoms with Crippen molar-refractivity contribution in [1.29, 1.82) is 0 Å². The van der Waals surface area contributed by atoms with Crippen molar-refractivity contribution >= 4 is 45.6 Å². The molecule has 2 aromatic rings. The van der Waals surface area contributed by atoms with E-state index in [0.29, 0.717) is 19.2 Å². The molecule has 0 bridgehead atoms. The Morgan fingerprint density at radius 3 is 2.55 bits per heavy atom. The van der Waals surface area contributed by atoms with Gasteiger partial charge in [0.2, 0.25) is 10.0 Å². The molecule has 2 aromatic carbocycles. The van der Waals surface area contributed by atoms with E-state index in [0.717, 1.165) is 23.4 Å². The zero-order valence-electron chi connectivity index (χ0n) is 17.8. The Labute approximate surface area is 201 Å². The number of hydrogen-bond donors (Lipinski definition) is 3. The first kappa shape index (κ1) is 27.1. The van der Waals surface area contributed by atoms with E-state index in [1.807, 2.05) is 54.6 Å². The first-order valence-corrected chi connectivity index (χ1v) is 11.4. The van der Waals surface area contributed by atoms with E-state index in [9.17, 15) is 8.42 Å². The van der Waals surface area contributed by atoms with Crippen LogP contribution in [0.3, 0.4) is 0 Å². The van der Waals surface area contributed by atoms with Crippen molar-refractivity contribution in [3.8, 4) is 5.75 Å². The van der Waals surface area contributed by atoms with Gasteiger partial charge in [0.25, 0.3) is 0 Å². The van der Waals surface area contributed by atoms with Crippen LogP contribution in [0.4, 0.5) is 5.69 Å². The predicted molar refractivity (Wildman–Crippen MR) is 136 cm³/mol. The van der Waals surface area contributed by atoms with E-state index in [2.05, 4.69) is 20.3 Å². The largest absolute Gasteiger partial charge is 0.493 e. The smallest absolute Gasteiger partial charge is 0.213 e. The summed E-state index contributed by atoms with van der Waals surface area (Å²) in [6.45, 7) is 1.71. The van der Waals surface area contributed by atoms with Crippen LogP contribution >= 0.6 is 24.0 Å². The second-order valence-corrected chi connectivity index (χ2v) is 8.40. The maximum atomic E-state index is 12.2. The van der Waals surface area contributed by atoms with Crippen LogP contribution in [-0.2, 0) is 21.3 Å². The van der Waals surface area contributed by atoms with Gasteiger partial charge in [-0.15, -0.1) is 24.0 Å². The first-order chi connectivity index (χ1) is 14.5. The molecule has 0 spiro atoms. The Hall–Kier alpha value is -1.89. The normalized spacial score (nSPS) is 11.5. The third-order valence-corrected chi connectivity index (χ3v) is 5.41. The number of sulfonamides is 1. The van der Waals surface area contributed by atoms with Crippen LogP contribution < -0.4 is 20.1 Å². The van der Waals surface area contributed by atoms with Gasteiger partial charge in [-0.2, -0.15) is 0 Å². The summed E-state index contributed by atoms with van der Waals surface area (Å²) >= 11 is 0. The lowest BCUT2D eigenvalue weighted by Gasteiger charge is -2.13. The number of anilines is 1. The molecule has 0 saturated carbocycles. The Bertz CT molecular complexity index is 895. The number of benzene rings is 2. The molecule has 0 aliphatic heterocycles. The zero-order valence-corrected chi connectivity index (χ0v) is 21.0. The average Bonchev–Trinajstić information content (AvgIpc) is 2.76. The lowest BCUT2D eigenvalue weighted by Crippen LogP contribution is -2.37. The molecule has 3 N–H and O–H groups in total. The Balaban J connectivity index is 0.00000480. The van der Waals surface area contributed by atoms with Crippen LogP contribution in [-0.4, -0.2) is 54.0 Å². The Morgan fingerprint density at radius 2 is 1.84 bits per heavy atom. The van der Waals surface area contributed by atoms with Gasteiger partial charge in [-0.05, 0) is 17.7 Å². The van der Waals surface area contributed by atoms with E-state index in [4.69, 9.17) is 9.47 Å². The summed E-state index contributed by atoms with van der Waals surface area (Å²) in [6, 6.07) is 16.9. The molecule has 0 saturated heterocycles. The first-order valence-electron chi connectivity index (χ1n) is 9.73. The van der Waals surface area contributed by atoms with Crippen molar-refractivity contribution in [1.82, 2.24) is 10.0 Å². The number of nitrogens with one attached hydrogen (secondary N) is 3. The number of guanidine groups is 1. The fraction of sp³-hybridized carbons (Fsp3) is 0.381. The third kappa shape index (κ3) is 11.3. The molecule has 0 radical (unpaired) electrons. The molecule has 0 aromatic heterocycles. The van der Waals surface area contributed by atoms with Crippen LogP contribution in [0.1, 0.15) is 12.0 Å². The van der Waals surface area contributed by atoms with Crippen LogP contribution in [0, 0.1) is 0 Å². The molecule has 0 fully saturated rings. The molecule has 0 atom stereocenters. The van der Waals surface area contributed by atoms with Crippen molar-refractivity contribution in [2.24, 2.45) is 4.99 Å². The van der Waals surface area contributed by atoms with E-state index < -0.39 is 10.0 Å². The van der Waals surface area contributed by atoms with Crippen LogP contribution in [0.5, 0.6) is 5.75 Å². The van der Waals surface area contributed by atoms with Gasteiger partial charge in [-0.3, -0.25) is 4.99 Å². The maximum Gasteiger partial charge on any atom is 0.213 e. The topological polar surface area (TPSA) is 101 Å². The van der Waals surface area contributed by atoms with Gasteiger partial charge in [0.1, 0.15) is 5.75 Å². The summed E-state index contributed by atoms with van der Waals surface area (Å²) in [5.74, 6) is 1.15. The highest BCUT2D eigenvalue weighted by Gasteiger charge is 2.10. The number of methoxy groups -OCH3 is 1. The second-order valence-electron chi connectivity index (χ2n) is 6.47. The van der Waals surface area contributed by atoms with Gasteiger partial charge in [0.05, 0.1) is 12.4 Å². The van der Waals surface area contributed by atoms with Crippen molar-refractivity contribution in [2.45, 2.75) is 13.0 Å². The number of aliphatic imine (C=N–C) groups is 1. The number of ether oxygens (including phenoxy) is 2. The minimum absolute atomic E-state index is 0. The van der Waals surface area contributed by atoms with E-state index >= 15 is 0 Å². The van der Waals surface area contributed by atoms with Crippen LogP contribution in [0.15, 0.2) is 59.6 Å². The maximum absolute atomic E-state index is 12.2. The quantitative estimate of drug-likeness (QED) is 0.159. The molecule has 8 nitrogen and oxygen atoms in total. The summed E-state index contributed by atoms with van der Waals surface area (Å²) < 4.78 is 37.7. The highest BCUT2D eigenvalue weighted by atomic mass is 127. The molecule has 0 aliphatic rings. The molecule has 10 heteroatoms. The molecule has 0 amide bonds. The number of nitrogens with zero attached hydrogens (tertiary/aromatic N) is 1. The van der Waals surface area contributed by atoms with E-state index in [1.54, 1.807) is 14.2 Å². The number of rotatable bonds is 12. The Morgan fingerprint density at radius 1 is 1.06 bits per heavy atom. The van der Waals surface area contributed by atoms with Gasteiger partial charge in [-0.25, -0.2) is 13.1 Å². The molecular formula is C21H31IN4O4S. The molecule has 0 heterocycles. The third-order valence-electron chi connectivity index (χ3n) is 4.08. The minimum Gasteiger partial charge on any atom is -0.493 e. The molecule has 0 aliphatic carbocycles. The lowest BCUT2D eigenvalue weighted by atomic mass is 10.2. The monoisotopic (exact) mass is 562 g/mol. The van der Waals surface area contributed by atoms with Crippen molar-refractivity contribution < 1.29 is 17.9 Å². The molecule has 31 heavy (non-hydrogen) atoms. The van der Waals surface area contributed by atoms with Gasteiger partial charge in [-0.1, -0.05) is 36.4 Å². The van der Waals surface area contributed by atoms with Crippen molar-refractivity contribution in [3.63, 3.8) is 0 Å². The molecule has 0 unspecified atom stereocenters. The van der Waals surface area contributed by atoms with Crippen molar-refractivity contribution in [2.75, 3.05) is 45.0 Å². The van der Waals surface area contributed by atoms with E-state index in [1.165, 1.54) is 0 Å². The molecule has 172 valence electrons. The summed E-state index contributed by atoms with van der Waals surface area (Å²) in [6.07, 6.45) is 0.810. The van der Waals surface area contributed by atoms with Gasteiger partial charge >= 0.3 is 0 Å². The average molecular weight is 562 g/mol. The van der Waals surface area contributed by atoms with Gasteiger partial charge in [0, 0.05) is 52.0 Å². The second kappa shape index (κ2) is 15.0. The van der Waals surface area contributed by atoms with Crippen LogP contribution in [0.25, 0.3) is 0 Å². The van der Waals surface area contributed by atoms with Crippen LogP contribution in [0.2, 0.25) is 0 Å². The summed E-state index contributed by atoms with van der Waals surface area (Å²) in [4.78, 5) is 4.13. The standard InChI is InChI=1S/C21H30N4O4S.HI/c1-22-21(25-19-10-6-11-20(16-19)29-14-7-13-28-2)23-12-15-30(26,27)24-17-18-8-4-3-5-9-18;/h3-6,8-11,16,24H,7,12-15,17H2,1-2H3,(H2,22,23,25);1H. The highest BCUT2D eigenvalue weighted by molar-refractivity contribution is 14.0. The SMILES string of the molecule is CN=C(NCCS(=O)(=O)NCc1ccccc1)Nc1cccc(OCCCOC)c1.I. The Kier molecular flexibility index (Phi) is 13.1. The predicted octanol–water partition coefficient (Wildman–Crippen LogP) is 2.83. The number of halogens is 1. The minimum atomic E-state index is -3.40. The summed E-state index contributed by atoms with van der Waals surface area (Å²) in [5, 5.41) is 6.15. The van der Waals surface area contributed by atoms with Crippen molar-refractivity contribution in [3.05, 3.63) is 60.2 Å².